The minimum atomic E-state index is -5.76. The maximum atomic E-state index is 14.3. The van der Waals surface area contributed by atoms with Gasteiger partial charge in [0.1, 0.15) is 6.61 Å². The molecule has 29 heavy (non-hydrogen) atoms. The summed E-state index contributed by atoms with van der Waals surface area (Å²) >= 11 is 0. The monoisotopic (exact) mass is 450 g/mol. The third kappa shape index (κ3) is 6.35. The van der Waals surface area contributed by atoms with Crippen molar-refractivity contribution in [2.75, 3.05) is 13.4 Å². The first-order valence-electron chi connectivity index (χ1n) is 9.56. The molecule has 5 nitrogen and oxygen atoms in total. The maximum Gasteiger partial charge on any atom is 0.449 e. The molecule has 1 aliphatic heterocycles. The molecule has 0 spiro atoms. The standard InChI is InChI=1S/C14H19F5O5.C4H12Si/c1-11(7-22-10(20)9-5-3-2-4-6-9)12(15,16)13(21,14(17,18)19)24-8-23-11;1-5(2,3)4/h9,21H,2-8H2,1H3;1-4H3. The van der Waals surface area contributed by atoms with Crippen LogP contribution in [0.4, 0.5) is 22.0 Å². The van der Waals surface area contributed by atoms with Gasteiger partial charge in [0.2, 0.25) is 0 Å². The normalized spacial score (nSPS) is 30.9. The molecule has 1 N–H and O–H groups in total. The Bertz CT molecular complexity index is 554. The summed E-state index contributed by atoms with van der Waals surface area (Å²) in [7, 11) is -0.611. The van der Waals surface area contributed by atoms with Crippen molar-refractivity contribution in [3.63, 3.8) is 0 Å². The SMILES string of the molecule is CC1(COC(=O)C2CCCCC2)OCOC(O)(C(F)(F)F)C1(F)F.C[Si](C)(C)C. The number of esters is 1. The van der Waals surface area contributed by atoms with Crippen molar-refractivity contribution in [3.05, 3.63) is 0 Å². The van der Waals surface area contributed by atoms with Crippen molar-refractivity contribution in [2.45, 2.75) is 88.7 Å². The topological polar surface area (TPSA) is 65.0 Å². The van der Waals surface area contributed by atoms with Gasteiger partial charge in [-0.2, -0.15) is 22.0 Å². The van der Waals surface area contributed by atoms with Crippen LogP contribution < -0.4 is 0 Å². The minimum absolute atomic E-state index is 0.461. The summed E-state index contributed by atoms with van der Waals surface area (Å²) < 4.78 is 80.2. The Hall–Kier alpha value is -0.783. The molecule has 1 saturated carbocycles. The molecule has 1 heterocycles. The predicted octanol–water partition coefficient (Wildman–Crippen LogP) is 4.71. The number of halogens is 5. The number of carbonyl (C=O) groups is 1. The van der Waals surface area contributed by atoms with Gasteiger partial charge in [-0.1, -0.05) is 45.5 Å². The van der Waals surface area contributed by atoms with Crippen molar-refractivity contribution in [1.82, 2.24) is 0 Å². The lowest BCUT2D eigenvalue weighted by Crippen LogP contribution is -2.74. The molecule has 0 bridgehead atoms. The highest BCUT2D eigenvalue weighted by molar-refractivity contribution is 6.74. The van der Waals surface area contributed by atoms with Crippen LogP contribution in [0.1, 0.15) is 39.0 Å². The van der Waals surface area contributed by atoms with Gasteiger partial charge >= 0.3 is 23.9 Å². The van der Waals surface area contributed by atoms with Crippen LogP contribution in [0.25, 0.3) is 0 Å². The lowest BCUT2D eigenvalue weighted by molar-refractivity contribution is -0.501. The fraction of sp³-hybridized carbons (Fsp3) is 0.944. The Balaban J connectivity index is 0.000000749. The van der Waals surface area contributed by atoms with Crippen LogP contribution in [-0.2, 0) is 19.0 Å². The van der Waals surface area contributed by atoms with Gasteiger partial charge in [0.15, 0.2) is 12.4 Å². The fourth-order valence-corrected chi connectivity index (χ4v) is 2.84. The van der Waals surface area contributed by atoms with Crippen LogP contribution in [0, 0.1) is 5.92 Å². The lowest BCUT2D eigenvalue weighted by Gasteiger charge is -2.48. The van der Waals surface area contributed by atoms with Gasteiger partial charge in [-0.3, -0.25) is 4.79 Å². The highest BCUT2D eigenvalue weighted by Gasteiger charge is 2.79. The van der Waals surface area contributed by atoms with Gasteiger partial charge in [0.25, 0.3) is 0 Å². The van der Waals surface area contributed by atoms with E-state index >= 15 is 0 Å². The third-order valence-electron chi connectivity index (χ3n) is 4.55. The van der Waals surface area contributed by atoms with E-state index < -0.39 is 56.8 Å². The van der Waals surface area contributed by atoms with Gasteiger partial charge in [0.05, 0.1) is 5.92 Å². The Kier molecular flexibility index (Phi) is 8.28. The molecular formula is C18H31F5O5Si. The molecule has 1 aliphatic carbocycles. The van der Waals surface area contributed by atoms with E-state index in [4.69, 9.17) is 4.74 Å². The third-order valence-corrected chi connectivity index (χ3v) is 4.55. The fourth-order valence-electron chi connectivity index (χ4n) is 2.84. The van der Waals surface area contributed by atoms with Gasteiger partial charge < -0.3 is 19.3 Å². The maximum absolute atomic E-state index is 14.3. The molecule has 172 valence electrons. The number of alkyl halides is 5. The number of carbonyl (C=O) groups excluding carboxylic acids is 1. The van der Waals surface area contributed by atoms with E-state index in [1.165, 1.54) is 0 Å². The zero-order chi connectivity index (χ0) is 22.7. The van der Waals surface area contributed by atoms with E-state index in [1.54, 1.807) is 0 Å². The summed E-state index contributed by atoms with van der Waals surface area (Å²) in [6, 6.07) is 0. The van der Waals surface area contributed by atoms with Crippen molar-refractivity contribution >= 4 is 14.0 Å². The van der Waals surface area contributed by atoms with Gasteiger partial charge in [0, 0.05) is 8.07 Å². The first-order chi connectivity index (χ1) is 12.9. The quantitative estimate of drug-likeness (QED) is 0.383. The summed E-state index contributed by atoms with van der Waals surface area (Å²) in [6.45, 7) is 7.60. The largest absolute Gasteiger partial charge is 0.462 e. The van der Waals surface area contributed by atoms with E-state index in [9.17, 15) is 31.9 Å². The first kappa shape index (κ1) is 26.3. The average molecular weight is 451 g/mol. The van der Waals surface area contributed by atoms with E-state index in [0.29, 0.717) is 19.8 Å². The minimum Gasteiger partial charge on any atom is -0.462 e. The molecule has 0 aromatic carbocycles. The predicted molar refractivity (Wildman–Crippen MR) is 98.1 cm³/mol. The van der Waals surface area contributed by atoms with Crippen LogP contribution in [0.2, 0.25) is 26.2 Å². The van der Waals surface area contributed by atoms with E-state index in [0.717, 1.165) is 19.3 Å². The van der Waals surface area contributed by atoms with Crippen molar-refractivity contribution in [2.24, 2.45) is 5.92 Å². The molecule has 0 aromatic heterocycles. The number of hydrogen-bond acceptors (Lipinski definition) is 5. The smallest absolute Gasteiger partial charge is 0.449 e. The summed E-state index contributed by atoms with van der Waals surface area (Å²) in [5.41, 5.74) is -2.88. The number of aliphatic hydroxyl groups is 1. The Morgan fingerprint density at radius 2 is 1.59 bits per heavy atom. The highest BCUT2D eigenvalue weighted by Crippen LogP contribution is 2.52. The van der Waals surface area contributed by atoms with Gasteiger partial charge in [-0.15, -0.1) is 0 Å². The lowest BCUT2D eigenvalue weighted by atomic mass is 9.88. The number of rotatable bonds is 3. The summed E-state index contributed by atoms with van der Waals surface area (Å²) in [5, 5.41) is 9.37. The van der Waals surface area contributed by atoms with E-state index in [1.807, 2.05) is 0 Å². The van der Waals surface area contributed by atoms with Gasteiger partial charge in [-0.25, -0.2) is 0 Å². The molecule has 0 amide bonds. The van der Waals surface area contributed by atoms with Crippen molar-refractivity contribution in [1.29, 1.82) is 0 Å². The van der Waals surface area contributed by atoms with Crippen molar-refractivity contribution in [3.8, 4) is 0 Å². The number of hydrogen-bond donors (Lipinski definition) is 1. The zero-order valence-corrected chi connectivity index (χ0v) is 18.5. The van der Waals surface area contributed by atoms with Crippen molar-refractivity contribution < 1.29 is 46.1 Å². The second kappa shape index (κ2) is 9.15. The van der Waals surface area contributed by atoms with Crippen LogP contribution in [0.5, 0.6) is 0 Å². The second-order valence-electron chi connectivity index (χ2n) is 9.30. The Morgan fingerprint density at radius 3 is 2.03 bits per heavy atom. The van der Waals surface area contributed by atoms with Gasteiger partial charge in [-0.05, 0) is 19.8 Å². The van der Waals surface area contributed by atoms with E-state index in [2.05, 4.69) is 35.7 Å². The number of ether oxygens (including phenoxy) is 3. The summed E-state index contributed by atoms with van der Waals surface area (Å²) in [4.78, 5) is 11.9. The molecule has 0 aromatic rings. The Labute approximate surface area is 168 Å². The molecule has 2 fully saturated rings. The molecule has 2 rings (SSSR count). The molecule has 11 heteroatoms. The van der Waals surface area contributed by atoms with Crippen LogP contribution in [0.15, 0.2) is 0 Å². The summed E-state index contributed by atoms with van der Waals surface area (Å²) in [6.07, 6.45) is -2.12. The highest BCUT2D eigenvalue weighted by atomic mass is 28.3. The second-order valence-corrected chi connectivity index (χ2v) is 15.3. The molecule has 2 unspecified atom stereocenters. The van der Waals surface area contributed by atoms with E-state index in [-0.39, 0.29) is 0 Å². The molecule has 2 atom stereocenters. The molecule has 2 aliphatic rings. The summed E-state index contributed by atoms with van der Waals surface area (Å²) in [5.74, 6) is -10.8. The average Bonchev–Trinajstić information content (AvgIpc) is 2.56. The Morgan fingerprint density at radius 1 is 1.10 bits per heavy atom. The van der Waals surface area contributed by atoms with Crippen LogP contribution in [-0.4, -0.2) is 56.0 Å². The van der Waals surface area contributed by atoms with Crippen LogP contribution in [0.3, 0.4) is 0 Å². The molecular weight excluding hydrogens is 419 g/mol. The molecule has 1 saturated heterocycles. The van der Waals surface area contributed by atoms with Crippen LogP contribution >= 0.6 is 0 Å². The molecule has 0 radical (unpaired) electrons. The zero-order valence-electron chi connectivity index (χ0n) is 17.5. The first-order valence-corrected chi connectivity index (χ1v) is 13.6.